The molecule has 1 aromatic carbocycles. The third-order valence-corrected chi connectivity index (χ3v) is 2.44. The van der Waals surface area contributed by atoms with Gasteiger partial charge in [0.2, 0.25) is 5.91 Å². The van der Waals surface area contributed by atoms with Gasteiger partial charge in [0.1, 0.15) is 5.75 Å². The highest BCUT2D eigenvalue weighted by atomic mass is 16.3. The van der Waals surface area contributed by atoms with Crippen LogP contribution in [0.15, 0.2) is 24.3 Å². The van der Waals surface area contributed by atoms with E-state index >= 15 is 0 Å². The number of aromatic hydroxyl groups is 1. The van der Waals surface area contributed by atoms with Gasteiger partial charge < -0.3 is 15.7 Å². The Labute approximate surface area is 95.7 Å². The number of carbonyl (C=O) groups is 1. The third-order valence-electron chi connectivity index (χ3n) is 2.44. The molecule has 0 saturated heterocycles. The van der Waals surface area contributed by atoms with Crippen LogP contribution in [0.1, 0.15) is 12.5 Å². The van der Waals surface area contributed by atoms with Crippen molar-refractivity contribution in [1.29, 1.82) is 0 Å². The monoisotopic (exact) mass is 222 g/mol. The number of carbonyl (C=O) groups excluding carboxylic acids is 1. The fraction of sp³-hybridized carbons (Fsp3) is 0.417. The molecule has 0 bridgehead atoms. The van der Waals surface area contributed by atoms with Crippen LogP contribution in [0.2, 0.25) is 0 Å². The topological polar surface area (TPSA) is 61.4 Å². The minimum atomic E-state index is -0.0800. The van der Waals surface area contributed by atoms with Crippen LogP contribution in [0.25, 0.3) is 0 Å². The smallest absolute Gasteiger partial charge is 0.224 e. The Morgan fingerprint density at radius 3 is 2.75 bits per heavy atom. The van der Waals surface area contributed by atoms with Crippen LogP contribution < -0.4 is 10.6 Å². The van der Waals surface area contributed by atoms with Crippen molar-refractivity contribution in [2.45, 2.75) is 19.4 Å². The summed E-state index contributed by atoms with van der Waals surface area (Å²) >= 11 is 0. The van der Waals surface area contributed by atoms with E-state index in [1.165, 1.54) is 0 Å². The van der Waals surface area contributed by atoms with E-state index in [0.29, 0.717) is 12.1 Å². The van der Waals surface area contributed by atoms with Crippen molar-refractivity contribution in [2.24, 2.45) is 0 Å². The summed E-state index contributed by atoms with van der Waals surface area (Å²) in [4.78, 5) is 11.5. The molecule has 4 nitrogen and oxygen atoms in total. The summed E-state index contributed by atoms with van der Waals surface area (Å²) < 4.78 is 0. The standard InChI is InChI=1S/C12H18N2O2/c1-9(13-2)8-14-12(16)7-10-5-3-4-6-11(10)15/h3-6,9,13,15H,7-8H2,1-2H3,(H,14,16). The predicted molar refractivity (Wildman–Crippen MR) is 63.3 cm³/mol. The second-order valence-corrected chi connectivity index (χ2v) is 3.80. The highest BCUT2D eigenvalue weighted by molar-refractivity contribution is 5.79. The minimum Gasteiger partial charge on any atom is -0.508 e. The Morgan fingerprint density at radius 2 is 2.12 bits per heavy atom. The average molecular weight is 222 g/mol. The zero-order chi connectivity index (χ0) is 12.0. The van der Waals surface area contributed by atoms with Crippen molar-refractivity contribution in [2.75, 3.05) is 13.6 Å². The fourth-order valence-corrected chi connectivity index (χ4v) is 1.26. The molecule has 88 valence electrons. The number of phenols is 1. The van der Waals surface area contributed by atoms with Crippen LogP contribution >= 0.6 is 0 Å². The van der Waals surface area contributed by atoms with Crippen molar-refractivity contribution in [3.8, 4) is 5.75 Å². The molecule has 0 saturated carbocycles. The summed E-state index contributed by atoms with van der Waals surface area (Å²) in [6, 6.07) is 7.11. The van der Waals surface area contributed by atoms with Crippen molar-refractivity contribution in [3.63, 3.8) is 0 Å². The van der Waals surface area contributed by atoms with Gasteiger partial charge in [-0.05, 0) is 20.0 Å². The molecule has 0 fully saturated rings. The molecule has 0 aliphatic carbocycles. The van der Waals surface area contributed by atoms with E-state index in [9.17, 15) is 9.90 Å². The number of phenolic OH excluding ortho intramolecular Hbond substituents is 1. The summed E-state index contributed by atoms with van der Waals surface area (Å²) in [5, 5.41) is 15.3. The van der Waals surface area contributed by atoms with Gasteiger partial charge in [-0.1, -0.05) is 18.2 Å². The predicted octanol–water partition coefficient (Wildman–Crippen LogP) is 0.659. The summed E-state index contributed by atoms with van der Waals surface area (Å²) in [6.45, 7) is 2.57. The molecule has 1 aromatic rings. The van der Waals surface area contributed by atoms with Crippen molar-refractivity contribution in [1.82, 2.24) is 10.6 Å². The molecule has 1 amide bonds. The first-order valence-electron chi connectivity index (χ1n) is 5.34. The third kappa shape index (κ3) is 3.90. The number of hydrogen-bond acceptors (Lipinski definition) is 3. The molecule has 0 spiro atoms. The zero-order valence-corrected chi connectivity index (χ0v) is 9.66. The number of rotatable bonds is 5. The van der Waals surface area contributed by atoms with E-state index < -0.39 is 0 Å². The Morgan fingerprint density at radius 1 is 1.44 bits per heavy atom. The first-order chi connectivity index (χ1) is 7.63. The van der Waals surface area contributed by atoms with Gasteiger partial charge in [-0.15, -0.1) is 0 Å². The van der Waals surface area contributed by atoms with E-state index in [4.69, 9.17) is 0 Å². The van der Waals surface area contributed by atoms with E-state index in [0.717, 1.165) is 0 Å². The summed E-state index contributed by atoms with van der Waals surface area (Å²) in [7, 11) is 1.85. The zero-order valence-electron chi connectivity index (χ0n) is 9.66. The molecular formula is C12H18N2O2. The van der Waals surface area contributed by atoms with Gasteiger partial charge in [0.15, 0.2) is 0 Å². The molecule has 3 N–H and O–H groups in total. The molecule has 4 heteroatoms. The van der Waals surface area contributed by atoms with Gasteiger partial charge in [-0.25, -0.2) is 0 Å². The lowest BCUT2D eigenvalue weighted by Gasteiger charge is -2.11. The van der Waals surface area contributed by atoms with Crippen LogP contribution in [0, 0.1) is 0 Å². The molecule has 0 aliphatic heterocycles. The van der Waals surface area contributed by atoms with E-state index in [1.807, 2.05) is 14.0 Å². The number of likely N-dealkylation sites (N-methyl/N-ethyl adjacent to an activating group) is 1. The van der Waals surface area contributed by atoms with Gasteiger partial charge in [0.05, 0.1) is 6.42 Å². The van der Waals surface area contributed by atoms with Crippen LogP contribution in [-0.2, 0) is 11.2 Å². The second-order valence-electron chi connectivity index (χ2n) is 3.80. The maximum Gasteiger partial charge on any atom is 0.224 e. The molecule has 16 heavy (non-hydrogen) atoms. The first kappa shape index (κ1) is 12.5. The quantitative estimate of drug-likeness (QED) is 0.686. The number of amides is 1. The molecule has 1 rings (SSSR count). The lowest BCUT2D eigenvalue weighted by atomic mass is 10.1. The van der Waals surface area contributed by atoms with Gasteiger partial charge in [0.25, 0.3) is 0 Å². The molecular weight excluding hydrogens is 204 g/mol. The summed E-state index contributed by atoms with van der Waals surface area (Å²) in [5.41, 5.74) is 0.650. The number of benzene rings is 1. The average Bonchev–Trinajstić information content (AvgIpc) is 2.29. The van der Waals surface area contributed by atoms with Gasteiger partial charge in [0, 0.05) is 18.2 Å². The number of para-hydroxylation sites is 1. The SMILES string of the molecule is CNC(C)CNC(=O)Cc1ccccc1O. The van der Waals surface area contributed by atoms with E-state index in [2.05, 4.69) is 10.6 Å². The van der Waals surface area contributed by atoms with Crippen molar-refractivity contribution in [3.05, 3.63) is 29.8 Å². The second kappa shape index (κ2) is 6.12. The van der Waals surface area contributed by atoms with Crippen molar-refractivity contribution < 1.29 is 9.90 Å². The fourth-order valence-electron chi connectivity index (χ4n) is 1.26. The lowest BCUT2D eigenvalue weighted by molar-refractivity contribution is -0.120. The highest BCUT2D eigenvalue weighted by Crippen LogP contribution is 2.15. The van der Waals surface area contributed by atoms with Gasteiger partial charge >= 0.3 is 0 Å². The van der Waals surface area contributed by atoms with Crippen LogP contribution in [0.5, 0.6) is 5.75 Å². The summed E-state index contributed by atoms with van der Waals surface area (Å²) in [6.07, 6.45) is 0.211. The first-order valence-corrected chi connectivity index (χ1v) is 5.34. The van der Waals surface area contributed by atoms with Crippen LogP contribution in [-0.4, -0.2) is 30.6 Å². The van der Waals surface area contributed by atoms with Crippen LogP contribution in [0.3, 0.4) is 0 Å². The van der Waals surface area contributed by atoms with E-state index in [1.54, 1.807) is 24.3 Å². The lowest BCUT2D eigenvalue weighted by Crippen LogP contribution is -2.37. The van der Waals surface area contributed by atoms with Gasteiger partial charge in [-0.2, -0.15) is 0 Å². The summed E-state index contributed by atoms with van der Waals surface area (Å²) in [5.74, 6) is 0.0860. The maximum absolute atomic E-state index is 11.5. The Kier molecular flexibility index (Phi) is 4.79. The molecule has 0 heterocycles. The van der Waals surface area contributed by atoms with E-state index in [-0.39, 0.29) is 24.1 Å². The Bertz CT molecular complexity index is 353. The molecule has 1 unspecified atom stereocenters. The molecule has 0 radical (unpaired) electrons. The molecule has 1 atom stereocenters. The largest absolute Gasteiger partial charge is 0.508 e. The minimum absolute atomic E-state index is 0.0800. The van der Waals surface area contributed by atoms with Gasteiger partial charge in [-0.3, -0.25) is 4.79 Å². The molecule has 0 aromatic heterocycles. The maximum atomic E-state index is 11.5. The van der Waals surface area contributed by atoms with Crippen molar-refractivity contribution >= 4 is 5.91 Å². The van der Waals surface area contributed by atoms with Crippen LogP contribution in [0.4, 0.5) is 0 Å². The number of hydrogen-bond donors (Lipinski definition) is 3. The Balaban J connectivity index is 2.43. The number of nitrogens with one attached hydrogen (secondary N) is 2. The molecule has 0 aliphatic rings. The normalized spacial score (nSPS) is 12.1. The highest BCUT2D eigenvalue weighted by Gasteiger charge is 2.07. The Hall–Kier alpha value is -1.55.